The van der Waals surface area contributed by atoms with Crippen molar-refractivity contribution >= 4 is 20.7 Å². The number of hydrogen-bond acceptors (Lipinski definition) is 4. The third-order valence-corrected chi connectivity index (χ3v) is 5.83. The van der Waals surface area contributed by atoms with Crippen molar-refractivity contribution in [1.82, 2.24) is 14.8 Å². The summed E-state index contributed by atoms with van der Waals surface area (Å²) in [6, 6.07) is 14.7. The van der Waals surface area contributed by atoms with Gasteiger partial charge in [-0.3, -0.25) is 4.68 Å². The lowest BCUT2D eigenvalue weighted by atomic mass is 10.0. The van der Waals surface area contributed by atoms with E-state index in [1.165, 1.54) is 18.4 Å². The number of sulfone groups is 1. The van der Waals surface area contributed by atoms with Crippen LogP contribution in [-0.2, 0) is 16.9 Å². The van der Waals surface area contributed by atoms with E-state index < -0.39 is 9.84 Å². The van der Waals surface area contributed by atoms with Crippen molar-refractivity contribution in [2.24, 2.45) is 7.05 Å². The van der Waals surface area contributed by atoms with E-state index in [0.717, 1.165) is 27.7 Å². The van der Waals surface area contributed by atoms with E-state index in [0.29, 0.717) is 11.4 Å². The topological polar surface area (TPSA) is 64.8 Å². The van der Waals surface area contributed by atoms with Crippen molar-refractivity contribution < 1.29 is 12.8 Å². The van der Waals surface area contributed by atoms with Gasteiger partial charge in [0.25, 0.3) is 0 Å². The maximum Gasteiger partial charge on any atom is 0.175 e. The minimum atomic E-state index is -3.28. The van der Waals surface area contributed by atoms with Gasteiger partial charge in [-0.1, -0.05) is 12.1 Å². The summed E-state index contributed by atoms with van der Waals surface area (Å²) in [4.78, 5) is 5.07. The Morgan fingerprint density at radius 3 is 2.18 bits per heavy atom. The van der Waals surface area contributed by atoms with Gasteiger partial charge in [-0.05, 0) is 49.4 Å². The van der Waals surface area contributed by atoms with Crippen molar-refractivity contribution in [2.45, 2.75) is 11.8 Å². The molecule has 0 radical (unpaired) electrons. The van der Waals surface area contributed by atoms with Gasteiger partial charge in [-0.15, -0.1) is 0 Å². The minimum Gasteiger partial charge on any atom is -0.268 e. The summed E-state index contributed by atoms with van der Waals surface area (Å²) in [5, 5.41) is 5.41. The van der Waals surface area contributed by atoms with Crippen LogP contribution in [0.2, 0.25) is 0 Å². The summed E-state index contributed by atoms with van der Waals surface area (Å²) in [6.45, 7) is 1.91. The zero-order chi connectivity index (χ0) is 20.1. The number of nitrogens with zero attached hydrogens (tertiary/aromatic N) is 3. The van der Waals surface area contributed by atoms with Crippen LogP contribution in [0.4, 0.5) is 4.39 Å². The SMILES string of the molecule is Cc1nn(C)c2cc(-c3ccc(F)cc3)nc(-c3ccc(S(C)(=O)=O)cc3)c12. The molecule has 0 spiro atoms. The monoisotopic (exact) mass is 395 g/mol. The summed E-state index contributed by atoms with van der Waals surface area (Å²) in [5.41, 5.74) is 4.71. The van der Waals surface area contributed by atoms with Gasteiger partial charge in [0.1, 0.15) is 5.82 Å². The summed E-state index contributed by atoms with van der Waals surface area (Å²) in [7, 11) is -1.41. The number of aryl methyl sites for hydroxylation is 2. The van der Waals surface area contributed by atoms with Crippen LogP contribution in [0.5, 0.6) is 0 Å². The number of rotatable bonds is 3. The van der Waals surface area contributed by atoms with E-state index in [9.17, 15) is 12.8 Å². The first kappa shape index (κ1) is 18.3. The van der Waals surface area contributed by atoms with Crippen molar-refractivity contribution in [3.63, 3.8) is 0 Å². The average molecular weight is 395 g/mol. The molecule has 2 aromatic heterocycles. The van der Waals surface area contributed by atoms with Crippen LogP contribution in [0.15, 0.2) is 59.5 Å². The molecule has 0 N–H and O–H groups in total. The molecule has 2 aromatic carbocycles. The van der Waals surface area contributed by atoms with E-state index in [2.05, 4.69) is 5.10 Å². The predicted molar refractivity (Wildman–Crippen MR) is 107 cm³/mol. The Hall–Kier alpha value is -3.06. The largest absolute Gasteiger partial charge is 0.268 e. The number of aromatic nitrogens is 3. The minimum absolute atomic E-state index is 0.255. The molecule has 4 aromatic rings. The lowest BCUT2D eigenvalue weighted by Crippen LogP contribution is -1.97. The van der Waals surface area contributed by atoms with Crippen LogP contribution in [-0.4, -0.2) is 29.4 Å². The first-order chi connectivity index (χ1) is 13.2. The van der Waals surface area contributed by atoms with Crippen molar-refractivity contribution in [3.05, 3.63) is 66.1 Å². The molecule has 0 saturated heterocycles. The summed E-state index contributed by atoms with van der Waals surface area (Å²) in [6.07, 6.45) is 1.18. The van der Waals surface area contributed by atoms with Gasteiger partial charge in [0.2, 0.25) is 0 Å². The average Bonchev–Trinajstić information content (AvgIpc) is 2.95. The van der Waals surface area contributed by atoms with Gasteiger partial charge in [0, 0.05) is 29.8 Å². The van der Waals surface area contributed by atoms with Crippen LogP contribution in [0.1, 0.15) is 5.69 Å². The quantitative estimate of drug-likeness (QED) is 0.523. The van der Waals surface area contributed by atoms with Gasteiger partial charge in [0.05, 0.1) is 27.5 Å². The Bertz CT molecular complexity index is 1290. The molecule has 28 heavy (non-hydrogen) atoms. The first-order valence-corrected chi connectivity index (χ1v) is 10.5. The first-order valence-electron chi connectivity index (χ1n) is 8.65. The number of benzene rings is 2. The summed E-state index contributed by atoms with van der Waals surface area (Å²) in [5.74, 6) is -0.308. The number of fused-ring (bicyclic) bond motifs is 1. The van der Waals surface area contributed by atoms with Crippen molar-refractivity contribution in [2.75, 3.05) is 6.26 Å². The third-order valence-electron chi connectivity index (χ3n) is 4.70. The molecule has 4 rings (SSSR count). The Morgan fingerprint density at radius 2 is 1.57 bits per heavy atom. The van der Waals surface area contributed by atoms with Crippen LogP contribution in [0.25, 0.3) is 33.4 Å². The molecular formula is C21H18FN3O2S. The molecule has 0 aliphatic rings. The Morgan fingerprint density at radius 1 is 0.964 bits per heavy atom. The highest BCUT2D eigenvalue weighted by molar-refractivity contribution is 7.90. The molecule has 0 unspecified atom stereocenters. The van der Waals surface area contributed by atoms with Crippen molar-refractivity contribution in [1.29, 1.82) is 0 Å². The fraction of sp³-hybridized carbons (Fsp3) is 0.143. The molecule has 0 saturated carbocycles. The smallest absolute Gasteiger partial charge is 0.175 e. The van der Waals surface area contributed by atoms with E-state index >= 15 is 0 Å². The molecule has 142 valence electrons. The van der Waals surface area contributed by atoms with E-state index in [4.69, 9.17) is 4.98 Å². The van der Waals surface area contributed by atoms with E-state index in [-0.39, 0.29) is 10.7 Å². The number of pyridine rings is 1. The number of hydrogen-bond donors (Lipinski definition) is 0. The van der Waals surface area contributed by atoms with Gasteiger partial charge in [-0.2, -0.15) is 5.10 Å². The Kier molecular flexibility index (Phi) is 4.27. The molecule has 0 atom stereocenters. The lowest BCUT2D eigenvalue weighted by molar-refractivity contribution is 0.602. The zero-order valence-electron chi connectivity index (χ0n) is 15.6. The van der Waals surface area contributed by atoms with Gasteiger partial charge >= 0.3 is 0 Å². The van der Waals surface area contributed by atoms with Crippen LogP contribution < -0.4 is 0 Å². The number of halogens is 1. The highest BCUT2D eigenvalue weighted by Crippen LogP contribution is 2.33. The molecule has 5 nitrogen and oxygen atoms in total. The fourth-order valence-corrected chi connectivity index (χ4v) is 3.94. The molecule has 0 bridgehead atoms. The summed E-state index contributed by atoms with van der Waals surface area (Å²) < 4.78 is 38.6. The molecule has 0 aliphatic carbocycles. The normalized spacial score (nSPS) is 11.9. The second-order valence-electron chi connectivity index (χ2n) is 6.76. The zero-order valence-corrected chi connectivity index (χ0v) is 16.5. The Labute approximate surface area is 162 Å². The standard InChI is InChI=1S/C21H18FN3O2S/c1-13-20-19(25(2)24-13)12-18(14-4-8-16(22)9-5-14)23-21(20)15-6-10-17(11-7-15)28(3,26)27/h4-12H,1-3H3. The second-order valence-corrected chi connectivity index (χ2v) is 8.78. The maximum atomic E-state index is 13.3. The molecular weight excluding hydrogens is 377 g/mol. The third kappa shape index (κ3) is 3.18. The highest BCUT2D eigenvalue weighted by Gasteiger charge is 2.17. The molecule has 2 heterocycles. The summed E-state index contributed by atoms with van der Waals surface area (Å²) >= 11 is 0. The maximum absolute atomic E-state index is 13.3. The van der Waals surface area contributed by atoms with Crippen LogP contribution >= 0.6 is 0 Å². The van der Waals surface area contributed by atoms with Crippen LogP contribution in [0.3, 0.4) is 0 Å². The van der Waals surface area contributed by atoms with E-state index in [1.807, 2.05) is 20.0 Å². The van der Waals surface area contributed by atoms with Gasteiger partial charge < -0.3 is 0 Å². The second kappa shape index (κ2) is 6.53. The van der Waals surface area contributed by atoms with E-state index in [1.54, 1.807) is 41.1 Å². The lowest BCUT2D eigenvalue weighted by Gasteiger charge is -2.09. The van der Waals surface area contributed by atoms with Gasteiger partial charge in [-0.25, -0.2) is 17.8 Å². The highest BCUT2D eigenvalue weighted by atomic mass is 32.2. The fourth-order valence-electron chi connectivity index (χ4n) is 3.31. The molecule has 7 heteroatoms. The van der Waals surface area contributed by atoms with Gasteiger partial charge in [0.15, 0.2) is 9.84 Å². The van der Waals surface area contributed by atoms with Crippen molar-refractivity contribution in [3.8, 4) is 22.5 Å². The molecule has 0 fully saturated rings. The Balaban J connectivity index is 1.97. The molecule has 0 amide bonds. The predicted octanol–water partition coefficient (Wildman–Crippen LogP) is 4.15. The molecule has 0 aliphatic heterocycles. The van der Waals surface area contributed by atoms with Crippen LogP contribution in [0, 0.1) is 12.7 Å².